The number of nitrogens with zero attached hydrogens (tertiary/aromatic N) is 9. The molecule has 0 aliphatic carbocycles. The first kappa shape index (κ1) is 34.6. The van der Waals surface area contributed by atoms with Crippen molar-refractivity contribution in [2.75, 3.05) is 16.3 Å². The van der Waals surface area contributed by atoms with Crippen molar-refractivity contribution in [1.29, 1.82) is 0 Å². The van der Waals surface area contributed by atoms with E-state index in [1.54, 1.807) is 29.2 Å². The molecule has 0 amide bonds. The van der Waals surface area contributed by atoms with Crippen LogP contribution in [0, 0.1) is 6.92 Å². The Morgan fingerprint density at radius 1 is 0.840 bits per heavy atom. The SMILES string of the molecule is Cc1cc2c(cc1C(F)(F)F)N(Cc1ccc(-c3nn[nH]n3)cc1)CCCC2N(Cc1cc(C(F)(F)F)cc(C(F)(F)F)c1)c1nnn(C)n1. The molecule has 1 atom stereocenters. The Morgan fingerprint density at radius 2 is 1.52 bits per heavy atom. The average Bonchev–Trinajstić information content (AvgIpc) is 3.70. The number of aromatic nitrogens is 8. The van der Waals surface area contributed by atoms with E-state index >= 15 is 0 Å². The summed E-state index contributed by atoms with van der Waals surface area (Å²) < 4.78 is 125. The molecule has 5 aromatic rings. The van der Waals surface area contributed by atoms with Gasteiger partial charge in [-0.2, -0.15) is 49.5 Å². The number of tetrazole rings is 2. The highest BCUT2D eigenvalue weighted by Crippen LogP contribution is 2.44. The molecule has 0 saturated carbocycles. The molecule has 1 aliphatic rings. The Labute approximate surface area is 277 Å². The minimum absolute atomic E-state index is 0.0318. The van der Waals surface area contributed by atoms with Crippen LogP contribution >= 0.6 is 0 Å². The lowest BCUT2D eigenvalue weighted by Crippen LogP contribution is -2.30. The van der Waals surface area contributed by atoms with Gasteiger partial charge in [-0.3, -0.25) is 0 Å². The lowest BCUT2D eigenvalue weighted by atomic mass is 9.94. The Balaban J connectivity index is 1.45. The number of aromatic amines is 1. The second kappa shape index (κ2) is 12.9. The van der Waals surface area contributed by atoms with Crippen molar-refractivity contribution >= 4 is 11.6 Å². The van der Waals surface area contributed by atoms with E-state index in [9.17, 15) is 39.5 Å². The number of rotatable bonds is 7. The van der Waals surface area contributed by atoms with Crippen molar-refractivity contribution in [3.63, 3.8) is 0 Å². The third kappa shape index (κ3) is 7.35. The van der Waals surface area contributed by atoms with E-state index in [2.05, 4.69) is 36.0 Å². The first-order valence-electron chi connectivity index (χ1n) is 15.1. The number of hydrogen-bond acceptors (Lipinski definition) is 8. The summed E-state index contributed by atoms with van der Waals surface area (Å²) in [5.74, 6) is 0.225. The molecular formula is C31H27F9N10. The standard InChI is InChI=1S/C31H27F9N10/c1-17-10-23-25(50(28-43-47-48(2)44-28)16-19-11-21(29(32,33)34)13-22(12-19)30(35,36)37)4-3-9-49(26(23)14-24(17)31(38,39)40)15-18-5-7-20(8-6-18)27-41-45-46-42-27/h5-8,10-14,25H,3-4,9,15-16H2,1-2H3,(H,41,42,45,46). The topological polar surface area (TPSA) is 105 Å². The van der Waals surface area contributed by atoms with E-state index in [1.807, 2.05) is 0 Å². The molecule has 2 aromatic heterocycles. The van der Waals surface area contributed by atoms with Crippen molar-refractivity contribution < 1.29 is 39.5 Å². The van der Waals surface area contributed by atoms with Crippen molar-refractivity contribution in [3.05, 3.63) is 93.5 Å². The molecule has 10 nitrogen and oxygen atoms in total. The Morgan fingerprint density at radius 3 is 2.08 bits per heavy atom. The molecule has 0 fully saturated rings. The smallest absolute Gasteiger partial charge is 0.367 e. The van der Waals surface area contributed by atoms with Crippen LogP contribution in [0.1, 0.15) is 57.8 Å². The van der Waals surface area contributed by atoms with E-state index in [0.29, 0.717) is 35.5 Å². The lowest BCUT2D eigenvalue weighted by Gasteiger charge is -2.33. The molecule has 0 spiro atoms. The zero-order chi connectivity index (χ0) is 36.0. The van der Waals surface area contributed by atoms with Gasteiger partial charge in [0.05, 0.1) is 29.8 Å². The minimum Gasteiger partial charge on any atom is -0.367 e. The van der Waals surface area contributed by atoms with Gasteiger partial charge in [0.1, 0.15) is 0 Å². The van der Waals surface area contributed by atoms with Crippen molar-refractivity contribution in [1.82, 2.24) is 40.8 Å². The maximum absolute atomic E-state index is 14.3. The lowest BCUT2D eigenvalue weighted by molar-refractivity contribution is -0.143. The van der Waals surface area contributed by atoms with Crippen LogP contribution in [0.4, 0.5) is 51.1 Å². The second-order valence-corrected chi connectivity index (χ2v) is 11.9. The number of alkyl halides is 9. The summed E-state index contributed by atoms with van der Waals surface area (Å²) in [4.78, 5) is 4.22. The zero-order valence-corrected chi connectivity index (χ0v) is 26.2. The molecule has 0 bridgehead atoms. The maximum Gasteiger partial charge on any atom is 0.416 e. The molecule has 0 radical (unpaired) electrons. The predicted octanol–water partition coefficient (Wildman–Crippen LogP) is 7.30. The Kier molecular flexibility index (Phi) is 8.94. The van der Waals surface area contributed by atoms with Gasteiger partial charge >= 0.3 is 18.5 Å². The fourth-order valence-electron chi connectivity index (χ4n) is 6.08. The number of H-pyrrole nitrogens is 1. The number of anilines is 2. The van der Waals surface area contributed by atoms with Crippen LogP contribution in [0.25, 0.3) is 11.4 Å². The predicted molar refractivity (Wildman–Crippen MR) is 160 cm³/mol. The van der Waals surface area contributed by atoms with E-state index in [-0.39, 0.29) is 48.3 Å². The van der Waals surface area contributed by atoms with Gasteiger partial charge in [0.25, 0.3) is 5.95 Å². The largest absolute Gasteiger partial charge is 0.416 e. The number of nitrogens with one attached hydrogen (secondary N) is 1. The van der Waals surface area contributed by atoms with Crippen LogP contribution in [-0.4, -0.2) is 47.4 Å². The molecule has 3 heterocycles. The quantitative estimate of drug-likeness (QED) is 0.176. The van der Waals surface area contributed by atoms with Gasteiger partial charge in [0, 0.05) is 30.9 Å². The van der Waals surface area contributed by atoms with Crippen LogP contribution < -0.4 is 9.80 Å². The molecule has 0 saturated heterocycles. The van der Waals surface area contributed by atoms with Crippen molar-refractivity contribution in [2.45, 2.75) is 57.4 Å². The molecule has 264 valence electrons. The molecule has 1 unspecified atom stereocenters. The summed E-state index contributed by atoms with van der Waals surface area (Å²) >= 11 is 0. The summed E-state index contributed by atoms with van der Waals surface area (Å²) in [7, 11) is 1.42. The van der Waals surface area contributed by atoms with E-state index < -0.39 is 47.8 Å². The molecule has 19 heteroatoms. The van der Waals surface area contributed by atoms with Gasteiger partial charge in [-0.05, 0) is 76.7 Å². The summed E-state index contributed by atoms with van der Waals surface area (Å²) in [6.45, 7) is 1.21. The van der Waals surface area contributed by atoms with Gasteiger partial charge in [-0.1, -0.05) is 35.4 Å². The van der Waals surface area contributed by atoms with Crippen LogP contribution in [0.5, 0.6) is 0 Å². The summed E-state index contributed by atoms with van der Waals surface area (Å²) in [6.07, 6.45) is -14.3. The fraction of sp³-hybridized carbons (Fsp3) is 0.355. The highest BCUT2D eigenvalue weighted by atomic mass is 19.4. The molecule has 1 N–H and O–H groups in total. The van der Waals surface area contributed by atoms with Gasteiger partial charge in [0.15, 0.2) is 0 Å². The number of halogens is 9. The molecule has 3 aromatic carbocycles. The Hall–Kier alpha value is -5.23. The van der Waals surface area contributed by atoms with Crippen LogP contribution in [0.15, 0.2) is 54.6 Å². The van der Waals surface area contributed by atoms with Gasteiger partial charge in [0.2, 0.25) is 5.82 Å². The van der Waals surface area contributed by atoms with Crippen LogP contribution in [-0.2, 0) is 38.7 Å². The first-order valence-corrected chi connectivity index (χ1v) is 15.1. The van der Waals surface area contributed by atoms with Crippen LogP contribution in [0.3, 0.4) is 0 Å². The maximum atomic E-state index is 14.3. The first-order chi connectivity index (χ1) is 23.5. The van der Waals surface area contributed by atoms with E-state index in [4.69, 9.17) is 0 Å². The highest BCUT2D eigenvalue weighted by Gasteiger charge is 2.39. The highest BCUT2D eigenvalue weighted by molar-refractivity contribution is 5.62. The monoisotopic (exact) mass is 710 g/mol. The molecular weight excluding hydrogens is 683 g/mol. The minimum atomic E-state index is -5.09. The molecule has 6 rings (SSSR count). The fourth-order valence-corrected chi connectivity index (χ4v) is 6.08. The molecule has 50 heavy (non-hydrogen) atoms. The normalized spacial score (nSPS) is 15.6. The average molecular weight is 711 g/mol. The molecule has 1 aliphatic heterocycles. The number of benzene rings is 3. The summed E-state index contributed by atoms with van der Waals surface area (Å²) in [6, 6.07) is 9.80. The van der Waals surface area contributed by atoms with E-state index in [0.717, 1.165) is 16.4 Å². The van der Waals surface area contributed by atoms with Crippen LogP contribution in [0.2, 0.25) is 0 Å². The van der Waals surface area contributed by atoms with Gasteiger partial charge in [-0.25, -0.2) is 0 Å². The van der Waals surface area contributed by atoms with Crippen molar-refractivity contribution in [2.24, 2.45) is 7.05 Å². The number of hydrogen-bond donors (Lipinski definition) is 1. The number of aryl methyl sites for hydroxylation is 2. The third-order valence-electron chi connectivity index (χ3n) is 8.35. The van der Waals surface area contributed by atoms with E-state index in [1.165, 1.54) is 24.9 Å². The summed E-state index contributed by atoms with van der Waals surface area (Å²) in [5, 5.41) is 25.8. The third-order valence-corrected chi connectivity index (χ3v) is 8.35. The summed E-state index contributed by atoms with van der Waals surface area (Å²) in [5.41, 5.74) is -2.39. The van der Waals surface area contributed by atoms with Crippen molar-refractivity contribution in [3.8, 4) is 11.4 Å². The van der Waals surface area contributed by atoms with Gasteiger partial charge < -0.3 is 9.80 Å². The second-order valence-electron chi connectivity index (χ2n) is 11.9. The van der Waals surface area contributed by atoms with Gasteiger partial charge in [-0.15, -0.1) is 15.3 Å². The number of fused-ring (bicyclic) bond motifs is 1. The Bertz CT molecular complexity index is 1920. The zero-order valence-electron chi connectivity index (χ0n) is 26.2.